The van der Waals surface area contributed by atoms with Crippen LogP contribution in [-0.4, -0.2) is 26.0 Å². The van der Waals surface area contributed by atoms with Crippen LogP contribution >= 0.6 is 15.9 Å². The Kier molecular flexibility index (Phi) is 3.90. The van der Waals surface area contributed by atoms with Gasteiger partial charge in [-0.2, -0.15) is 0 Å². The van der Waals surface area contributed by atoms with E-state index in [0.717, 1.165) is 6.42 Å². The molecule has 2 N–H and O–H groups in total. The fraction of sp³-hybridized carbons (Fsp3) is 0.583. The van der Waals surface area contributed by atoms with Crippen molar-refractivity contribution in [2.45, 2.75) is 38.1 Å². The van der Waals surface area contributed by atoms with Gasteiger partial charge in [-0.15, -0.1) is 0 Å². The molecule has 1 aromatic heterocycles. The summed E-state index contributed by atoms with van der Waals surface area (Å²) in [4.78, 5) is 4.31. The van der Waals surface area contributed by atoms with Crippen LogP contribution in [0, 0.1) is 5.41 Å². The summed E-state index contributed by atoms with van der Waals surface area (Å²) in [7, 11) is -3.55. The first-order valence-electron chi connectivity index (χ1n) is 6.18. The molecule has 2 rings (SSSR count). The summed E-state index contributed by atoms with van der Waals surface area (Å²) in [5.74, 6) is 0.386. The van der Waals surface area contributed by atoms with Crippen molar-refractivity contribution in [3.05, 3.63) is 16.7 Å². The van der Waals surface area contributed by atoms with Crippen LogP contribution in [0.3, 0.4) is 0 Å². The molecule has 1 fully saturated rings. The van der Waals surface area contributed by atoms with E-state index in [4.69, 9.17) is 0 Å². The van der Waals surface area contributed by atoms with Crippen LogP contribution in [0.5, 0.6) is 0 Å². The van der Waals surface area contributed by atoms with Gasteiger partial charge in [-0.1, -0.05) is 13.8 Å². The van der Waals surface area contributed by atoms with E-state index in [-0.39, 0.29) is 16.4 Å². The van der Waals surface area contributed by atoms with Gasteiger partial charge in [0, 0.05) is 23.3 Å². The Labute approximate surface area is 122 Å². The Morgan fingerprint density at radius 2 is 2.16 bits per heavy atom. The molecule has 0 amide bonds. The molecule has 1 heterocycles. The Morgan fingerprint density at radius 1 is 1.53 bits per heavy atom. The Balaban J connectivity index is 2.31. The van der Waals surface area contributed by atoms with Gasteiger partial charge in [0.2, 0.25) is 10.0 Å². The maximum Gasteiger partial charge on any atom is 0.244 e. The minimum absolute atomic E-state index is 0.00552. The van der Waals surface area contributed by atoms with Crippen LogP contribution in [0.15, 0.2) is 21.6 Å². The molecule has 1 aliphatic carbocycles. The zero-order valence-electron chi connectivity index (χ0n) is 11.2. The molecule has 19 heavy (non-hydrogen) atoms. The van der Waals surface area contributed by atoms with Gasteiger partial charge in [0.1, 0.15) is 10.7 Å². The molecule has 1 saturated carbocycles. The average molecular weight is 348 g/mol. The molecule has 0 aliphatic heterocycles. The highest BCUT2D eigenvalue weighted by Gasteiger charge is 2.48. The first-order chi connectivity index (χ1) is 8.76. The highest BCUT2D eigenvalue weighted by molar-refractivity contribution is 9.10. The van der Waals surface area contributed by atoms with Crippen LogP contribution in [0.1, 0.15) is 27.2 Å². The topological polar surface area (TPSA) is 71.1 Å². The molecule has 0 bridgehead atoms. The summed E-state index contributed by atoms with van der Waals surface area (Å²) in [6, 6.07) is 1.58. The van der Waals surface area contributed by atoms with Crippen molar-refractivity contribution in [3.8, 4) is 0 Å². The van der Waals surface area contributed by atoms with E-state index in [2.05, 4.69) is 31.0 Å². The van der Waals surface area contributed by atoms with Crippen molar-refractivity contribution in [2.24, 2.45) is 5.41 Å². The monoisotopic (exact) mass is 347 g/mol. The van der Waals surface area contributed by atoms with Crippen molar-refractivity contribution >= 4 is 31.8 Å². The molecule has 0 saturated heterocycles. The first-order valence-corrected chi connectivity index (χ1v) is 8.45. The minimum atomic E-state index is -3.55. The van der Waals surface area contributed by atoms with Gasteiger partial charge in [-0.05, 0) is 40.8 Å². The molecule has 1 aromatic rings. The van der Waals surface area contributed by atoms with Crippen LogP contribution < -0.4 is 10.0 Å². The quantitative estimate of drug-likeness (QED) is 0.857. The van der Waals surface area contributed by atoms with E-state index >= 15 is 0 Å². The van der Waals surface area contributed by atoms with Crippen LogP contribution in [0.4, 0.5) is 5.82 Å². The van der Waals surface area contributed by atoms with E-state index in [9.17, 15) is 8.42 Å². The predicted octanol–water partition coefficient (Wildman–Crippen LogP) is 2.35. The molecule has 1 aliphatic rings. The number of pyridine rings is 1. The molecule has 1 unspecified atom stereocenters. The lowest BCUT2D eigenvalue weighted by atomic mass is 10.2. The second-order valence-corrected chi connectivity index (χ2v) is 8.00. The molecule has 7 heteroatoms. The highest BCUT2D eigenvalue weighted by atomic mass is 79.9. The summed E-state index contributed by atoms with van der Waals surface area (Å²) in [5.41, 5.74) is 0.0465. The van der Waals surface area contributed by atoms with Gasteiger partial charge < -0.3 is 5.32 Å². The smallest absolute Gasteiger partial charge is 0.244 e. The van der Waals surface area contributed by atoms with E-state index in [1.165, 1.54) is 0 Å². The lowest BCUT2D eigenvalue weighted by Crippen LogP contribution is -2.29. The number of hydrogen-bond donors (Lipinski definition) is 2. The van der Waals surface area contributed by atoms with Gasteiger partial charge in [-0.25, -0.2) is 18.1 Å². The van der Waals surface area contributed by atoms with Gasteiger partial charge in [0.25, 0.3) is 0 Å². The number of hydrogen-bond acceptors (Lipinski definition) is 4. The zero-order valence-corrected chi connectivity index (χ0v) is 13.6. The first kappa shape index (κ1) is 14.7. The van der Waals surface area contributed by atoms with Crippen LogP contribution in [-0.2, 0) is 10.0 Å². The summed E-state index contributed by atoms with van der Waals surface area (Å²) >= 11 is 3.26. The van der Waals surface area contributed by atoms with Gasteiger partial charge in [0.15, 0.2) is 0 Å². The zero-order chi connectivity index (χ0) is 14.3. The molecule has 106 valence electrons. The van der Waals surface area contributed by atoms with Crippen LogP contribution in [0.2, 0.25) is 0 Å². The Morgan fingerprint density at radius 3 is 2.68 bits per heavy atom. The lowest BCUT2D eigenvalue weighted by molar-refractivity contribution is 0.555. The van der Waals surface area contributed by atoms with E-state index in [1.807, 2.05) is 20.8 Å². The molecule has 0 aromatic carbocycles. The van der Waals surface area contributed by atoms with Crippen molar-refractivity contribution in [1.29, 1.82) is 0 Å². The lowest BCUT2D eigenvalue weighted by Gasteiger charge is -2.12. The van der Waals surface area contributed by atoms with Gasteiger partial charge in [-0.3, -0.25) is 0 Å². The highest BCUT2D eigenvalue weighted by Crippen LogP contribution is 2.45. The molecular formula is C12H18BrN3O2S. The van der Waals surface area contributed by atoms with E-state index < -0.39 is 10.0 Å². The maximum atomic E-state index is 12.4. The van der Waals surface area contributed by atoms with E-state index in [1.54, 1.807) is 12.3 Å². The Bertz CT molecular complexity index is 587. The Hall–Kier alpha value is -0.660. The number of aromatic nitrogens is 1. The molecule has 5 nitrogen and oxygen atoms in total. The second-order valence-electron chi connectivity index (χ2n) is 5.40. The summed E-state index contributed by atoms with van der Waals surface area (Å²) in [5, 5.41) is 2.97. The molecule has 0 radical (unpaired) electrons. The summed E-state index contributed by atoms with van der Waals surface area (Å²) in [6.07, 6.45) is 2.45. The van der Waals surface area contributed by atoms with Crippen molar-refractivity contribution < 1.29 is 8.42 Å². The largest absolute Gasteiger partial charge is 0.369 e. The third kappa shape index (κ3) is 3.27. The second kappa shape index (κ2) is 5.03. The predicted molar refractivity (Wildman–Crippen MR) is 78.6 cm³/mol. The fourth-order valence-corrected chi connectivity index (χ4v) is 3.89. The number of sulfonamides is 1. The van der Waals surface area contributed by atoms with Gasteiger partial charge in [0.05, 0.1) is 0 Å². The molecule has 0 spiro atoms. The standard InChI is InChI=1S/C12H18BrN3O2S/c1-4-14-11-9(5-8(13)7-15-11)19(17,18)16-10-6-12(10,2)3/h5,7,10,16H,4,6H2,1-3H3,(H,14,15). The summed E-state index contributed by atoms with van der Waals surface area (Å²) < 4.78 is 28.2. The van der Waals surface area contributed by atoms with Crippen molar-refractivity contribution in [2.75, 3.05) is 11.9 Å². The number of nitrogens with one attached hydrogen (secondary N) is 2. The average Bonchev–Trinajstić information content (AvgIpc) is 2.87. The van der Waals surface area contributed by atoms with Crippen molar-refractivity contribution in [1.82, 2.24) is 9.71 Å². The molecule has 1 atom stereocenters. The number of anilines is 1. The summed E-state index contributed by atoms with van der Waals surface area (Å²) in [6.45, 7) is 6.61. The van der Waals surface area contributed by atoms with Crippen molar-refractivity contribution in [3.63, 3.8) is 0 Å². The van der Waals surface area contributed by atoms with Crippen LogP contribution in [0.25, 0.3) is 0 Å². The molecular weight excluding hydrogens is 330 g/mol. The SMILES string of the molecule is CCNc1ncc(Br)cc1S(=O)(=O)NC1CC1(C)C. The number of rotatable bonds is 5. The van der Waals surface area contributed by atoms with E-state index in [0.29, 0.717) is 16.8 Å². The normalized spacial score (nSPS) is 21.2. The maximum absolute atomic E-state index is 12.4. The third-order valence-corrected chi connectivity index (χ3v) is 5.18. The number of nitrogens with zero attached hydrogens (tertiary/aromatic N) is 1. The third-order valence-electron chi connectivity index (χ3n) is 3.26. The number of halogens is 1. The fourth-order valence-electron chi connectivity index (χ4n) is 1.84. The van der Waals surface area contributed by atoms with Gasteiger partial charge >= 0.3 is 0 Å². The minimum Gasteiger partial charge on any atom is -0.369 e.